The number of halogens is 1. The molecule has 2 aromatic rings. The summed E-state index contributed by atoms with van der Waals surface area (Å²) in [6.07, 6.45) is 2.06. The van der Waals surface area contributed by atoms with E-state index in [-0.39, 0.29) is 6.03 Å². The summed E-state index contributed by atoms with van der Waals surface area (Å²) in [5.41, 5.74) is 3.37. The Kier molecular flexibility index (Phi) is 4.25. The normalized spacial score (nSPS) is 13.7. The van der Waals surface area contributed by atoms with E-state index in [9.17, 15) is 4.79 Å². The number of rotatable bonds is 2. The van der Waals surface area contributed by atoms with Crippen molar-refractivity contribution in [2.75, 3.05) is 11.4 Å². The first-order valence-corrected chi connectivity index (χ1v) is 7.91. The Labute approximate surface area is 133 Å². The van der Waals surface area contributed by atoms with Gasteiger partial charge in [-0.15, -0.1) is 0 Å². The van der Waals surface area contributed by atoms with Crippen LogP contribution in [0.5, 0.6) is 0 Å². The highest BCUT2D eigenvalue weighted by Crippen LogP contribution is 2.26. The van der Waals surface area contributed by atoms with Gasteiger partial charge in [0.1, 0.15) is 0 Å². The van der Waals surface area contributed by atoms with Crippen LogP contribution in [0.1, 0.15) is 17.5 Å². The second-order valence-electron chi connectivity index (χ2n) is 5.17. The van der Waals surface area contributed by atoms with Crippen molar-refractivity contribution < 1.29 is 4.79 Å². The molecule has 3 nitrogen and oxygen atoms in total. The van der Waals surface area contributed by atoms with E-state index in [4.69, 9.17) is 0 Å². The first kappa shape index (κ1) is 14.1. The van der Waals surface area contributed by atoms with E-state index in [0.29, 0.717) is 6.54 Å². The van der Waals surface area contributed by atoms with E-state index in [1.807, 2.05) is 47.4 Å². The standard InChI is InChI=1S/C17H17BrN2O/c18-15-8-3-5-13(11-15)12-19-17(21)20-10-4-7-14-6-1-2-9-16(14)20/h1-3,5-6,8-9,11H,4,7,10,12H2,(H,19,21). The van der Waals surface area contributed by atoms with Crippen molar-refractivity contribution in [3.63, 3.8) is 0 Å². The van der Waals surface area contributed by atoms with Crippen molar-refractivity contribution in [2.45, 2.75) is 19.4 Å². The molecule has 0 radical (unpaired) electrons. The summed E-state index contributed by atoms with van der Waals surface area (Å²) in [7, 11) is 0. The number of fused-ring (bicyclic) bond motifs is 1. The van der Waals surface area contributed by atoms with Crippen LogP contribution in [-0.4, -0.2) is 12.6 Å². The highest BCUT2D eigenvalue weighted by atomic mass is 79.9. The lowest BCUT2D eigenvalue weighted by atomic mass is 10.0. The molecule has 0 bridgehead atoms. The third-order valence-corrected chi connectivity index (χ3v) is 4.18. The molecule has 0 aromatic heterocycles. The van der Waals surface area contributed by atoms with E-state index in [1.165, 1.54) is 5.56 Å². The number of carbonyl (C=O) groups is 1. The summed E-state index contributed by atoms with van der Waals surface area (Å²) >= 11 is 3.44. The van der Waals surface area contributed by atoms with Crippen molar-refractivity contribution in [2.24, 2.45) is 0 Å². The Morgan fingerprint density at radius 3 is 2.90 bits per heavy atom. The van der Waals surface area contributed by atoms with Gasteiger partial charge in [-0.25, -0.2) is 4.79 Å². The van der Waals surface area contributed by atoms with Crippen LogP contribution < -0.4 is 10.2 Å². The van der Waals surface area contributed by atoms with Gasteiger partial charge in [-0.05, 0) is 42.2 Å². The van der Waals surface area contributed by atoms with Crippen molar-refractivity contribution in [3.8, 4) is 0 Å². The number of aryl methyl sites for hydroxylation is 1. The number of benzene rings is 2. The van der Waals surface area contributed by atoms with Crippen molar-refractivity contribution in [1.29, 1.82) is 0 Å². The second-order valence-corrected chi connectivity index (χ2v) is 6.09. The molecule has 0 fully saturated rings. The molecule has 2 aromatic carbocycles. The molecular weight excluding hydrogens is 328 g/mol. The van der Waals surface area contributed by atoms with Gasteiger partial charge >= 0.3 is 6.03 Å². The summed E-state index contributed by atoms with van der Waals surface area (Å²) < 4.78 is 1.03. The number of hydrogen-bond acceptors (Lipinski definition) is 1. The maximum atomic E-state index is 12.4. The summed E-state index contributed by atoms with van der Waals surface area (Å²) in [4.78, 5) is 14.3. The maximum absolute atomic E-state index is 12.4. The van der Waals surface area contributed by atoms with Gasteiger partial charge in [-0.1, -0.05) is 46.3 Å². The Morgan fingerprint density at radius 2 is 2.05 bits per heavy atom. The Bertz CT molecular complexity index is 657. The Hall–Kier alpha value is -1.81. The van der Waals surface area contributed by atoms with E-state index < -0.39 is 0 Å². The Balaban J connectivity index is 1.69. The molecule has 3 rings (SSSR count). The summed E-state index contributed by atoms with van der Waals surface area (Å²) in [6, 6.07) is 16.1. The fraction of sp³-hybridized carbons (Fsp3) is 0.235. The van der Waals surface area contributed by atoms with Crippen LogP contribution in [0.2, 0.25) is 0 Å². The molecule has 1 aliphatic rings. The smallest absolute Gasteiger partial charge is 0.322 e. The SMILES string of the molecule is O=C(NCc1cccc(Br)c1)N1CCCc2ccccc21. The Morgan fingerprint density at radius 1 is 1.19 bits per heavy atom. The number of carbonyl (C=O) groups excluding carboxylic acids is 1. The third-order valence-electron chi connectivity index (χ3n) is 3.69. The quantitative estimate of drug-likeness (QED) is 0.873. The molecule has 0 aliphatic carbocycles. The lowest BCUT2D eigenvalue weighted by molar-refractivity contribution is 0.245. The second kappa shape index (κ2) is 6.31. The van der Waals surface area contributed by atoms with Crippen LogP contribution in [0.4, 0.5) is 10.5 Å². The van der Waals surface area contributed by atoms with Crippen LogP contribution in [-0.2, 0) is 13.0 Å². The number of anilines is 1. The van der Waals surface area contributed by atoms with Crippen molar-refractivity contribution >= 4 is 27.6 Å². The van der Waals surface area contributed by atoms with Gasteiger partial charge in [0.15, 0.2) is 0 Å². The van der Waals surface area contributed by atoms with Gasteiger partial charge < -0.3 is 5.32 Å². The fourth-order valence-electron chi connectivity index (χ4n) is 2.66. The minimum absolute atomic E-state index is 0.0258. The molecule has 0 unspecified atom stereocenters. The first-order valence-electron chi connectivity index (χ1n) is 7.12. The number of hydrogen-bond donors (Lipinski definition) is 1. The zero-order valence-corrected chi connectivity index (χ0v) is 13.3. The van der Waals surface area contributed by atoms with Gasteiger partial charge in [0, 0.05) is 23.2 Å². The third kappa shape index (κ3) is 3.27. The average Bonchev–Trinajstić information content (AvgIpc) is 2.52. The summed E-state index contributed by atoms with van der Waals surface area (Å²) in [6.45, 7) is 1.32. The number of urea groups is 1. The van der Waals surface area contributed by atoms with Crippen LogP contribution in [0.15, 0.2) is 53.0 Å². The average molecular weight is 345 g/mol. The number of nitrogens with one attached hydrogen (secondary N) is 1. The predicted octanol–water partition coefficient (Wildman–Crippen LogP) is 4.11. The lowest BCUT2D eigenvalue weighted by Crippen LogP contribution is -2.42. The molecule has 1 heterocycles. The van der Waals surface area contributed by atoms with E-state index >= 15 is 0 Å². The molecule has 4 heteroatoms. The van der Waals surface area contributed by atoms with E-state index in [2.05, 4.69) is 27.3 Å². The lowest BCUT2D eigenvalue weighted by Gasteiger charge is -2.29. The zero-order chi connectivity index (χ0) is 14.7. The topological polar surface area (TPSA) is 32.3 Å². The summed E-state index contributed by atoms with van der Waals surface area (Å²) in [5.74, 6) is 0. The van der Waals surface area contributed by atoms with Crippen LogP contribution in [0.25, 0.3) is 0 Å². The molecule has 1 N–H and O–H groups in total. The van der Waals surface area contributed by atoms with Gasteiger partial charge in [0.25, 0.3) is 0 Å². The molecule has 0 saturated heterocycles. The number of nitrogens with zero attached hydrogens (tertiary/aromatic N) is 1. The van der Waals surface area contributed by atoms with Crippen LogP contribution in [0.3, 0.4) is 0 Å². The maximum Gasteiger partial charge on any atom is 0.322 e. The van der Waals surface area contributed by atoms with Gasteiger partial charge in [-0.3, -0.25) is 4.90 Å². The van der Waals surface area contributed by atoms with Crippen molar-refractivity contribution in [3.05, 3.63) is 64.1 Å². The minimum atomic E-state index is -0.0258. The monoisotopic (exact) mass is 344 g/mol. The fourth-order valence-corrected chi connectivity index (χ4v) is 3.11. The highest BCUT2D eigenvalue weighted by Gasteiger charge is 2.21. The highest BCUT2D eigenvalue weighted by molar-refractivity contribution is 9.10. The molecular formula is C17H17BrN2O. The minimum Gasteiger partial charge on any atom is -0.334 e. The molecule has 108 valence electrons. The van der Waals surface area contributed by atoms with Gasteiger partial charge in [0.05, 0.1) is 0 Å². The molecule has 0 atom stereocenters. The molecule has 0 spiro atoms. The van der Waals surface area contributed by atoms with Gasteiger partial charge in [0.2, 0.25) is 0 Å². The van der Waals surface area contributed by atoms with E-state index in [0.717, 1.165) is 35.1 Å². The molecule has 21 heavy (non-hydrogen) atoms. The molecule has 2 amide bonds. The first-order chi connectivity index (χ1) is 10.2. The summed E-state index contributed by atoms with van der Waals surface area (Å²) in [5, 5.41) is 3.00. The largest absolute Gasteiger partial charge is 0.334 e. The number of amides is 2. The van der Waals surface area contributed by atoms with Gasteiger partial charge in [-0.2, -0.15) is 0 Å². The van der Waals surface area contributed by atoms with Crippen LogP contribution in [0, 0.1) is 0 Å². The predicted molar refractivity (Wildman–Crippen MR) is 88.5 cm³/mol. The van der Waals surface area contributed by atoms with Crippen molar-refractivity contribution in [1.82, 2.24) is 5.32 Å². The zero-order valence-electron chi connectivity index (χ0n) is 11.7. The molecule has 1 aliphatic heterocycles. The molecule has 0 saturated carbocycles. The van der Waals surface area contributed by atoms with E-state index in [1.54, 1.807) is 0 Å². The van der Waals surface area contributed by atoms with Crippen LogP contribution >= 0.6 is 15.9 Å². The number of para-hydroxylation sites is 1.